The number of carbonyl (C=O) groups excluding carboxylic acids is 1. The Kier molecular flexibility index (Phi) is 7.91. The number of rotatable bonds is 9. The zero-order valence-corrected chi connectivity index (χ0v) is 16.4. The highest BCUT2D eigenvalue weighted by atomic mass is 16.5. The van der Waals surface area contributed by atoms with E-state index in [1.807, 2.05) is 37.2 Å². The third-order valence-electron chi connectivity index (χ3n) is 4.91. The topological polar surface area (TPSA) is 88.1 Å². The number of ether oxygens (including phenoxy) is 2. The second kappa shape index (κ2) is 10.2. The van der Waals surface area contributed by atoms with Crippen LogP contribution in [-0.2, 0) is 16.1 Å². The highest BCUT2D eigenvalue weighted by Crippen LogP contribution is 2.31. The first-order chi connectivity index (χ1) is 12.9. The van der Waals surface area contributed by atoms with Gasteiger partial charge in [0.1, 0.15) is 6.61 Å². The first-order valence-corrected chi connectivity index (χ1v) is 9.37. The molecule has 0 heterocycles. The van der Waals surface area contributed by atoms with Gasteiger partial charge < -0.3 is 24.8 Å². The van der Waals surface area contributed by atoms with Crippen LogP contribution in [-0.4, -0.2) is 56.2 Å². The predicted octanol–water partition coefficient (Wildman–Crippen LogP) is 2.14. The molecule has 1 aliphatic carbocycles. The van der Waals surface area contributed by atoms with E-state index in [1.54, 1.807) is 7.11 Å². The van der Waals surface area contributed by atoms with E-state index >= 15 is 0 Å². The number of carboxylic acids is 1. The van der Waals surface area contributed by atoms with Crippen LogP contribution in [0.1, 0.15) is 31.2 Å². The molecule has 1 aliphatic rings. The van der Waals surface area contributed by atoms with E-state index in [-0.39, 0.29) is 5.91 Å². The Morgan fingerprint density at radius 1 is 1.19 bits per heavy atom. The van der Waals surface area contributed by atoms with Crippen LogP contribution in [0.25, 0.3) is 0 Å². The lowest BCUT2D eigenvalue weighted by Crippen LogP contribution is -2.39. The first-order valence-electron chi connectivity index (χ1n) is 9.37. The highest BCUT2D eigenvalue weighted by Gasteiger charge is 2.35. The van der Waals surface area contributed by atoms with Crippen LogP contribution >= 0.6 is 0 Å². The summed E-state index contributed by atoms with van der Waals surface area (Å²) in [6, 6.07) is 5.54. The van der Waals surface area contributed by atoms with Crippen LogP contribution in [0.4, 0.5) is 0 Å². The fourth-order valence-electron chi connectivity index (χ4n) is 3.34. The molecule has 0 saturated heterocycles. The Bertz CT molecular complexity index is 647. The molecule has 0 bridgehead atoms. The van der Waals surface area contributed by atoms with Gasteiger partial charge in [-0.15, -0.1) is 0 Å². The second-order valence-corrected chi connectivity index (χ2v) is 7.19. The molecule has 1 saturated carbocycles. The Morgan fingerprint density at radius 2 is 1.89 bits per heavy atom. The van der Waals surface area contributed by atoms with Gasteiger partial charge in [-0.1, -0.05) is 18.9 Å². The molecule has 2 atom stereocenters. The fraction of sp³-hybridized carbons (Fsp3) is 0.600. The molecule has 2 N–H and O–H groups in total. The third kappa shape index (κ3) is 6.13. The summed E-state index contributed by atoms with van der Waals surface area (Å²) in [5.41, 5.74) is 0.878. The van der Waals surface area contributed by atoms with Crippen LogP contribution in [0.3, 0.4) is 0 Å². The molecule has 0 radical (unpaired) electrons. The van der Waals surface area contributed by atoms with Crippen molar-refractivity contribution in [2.24, 2.45) is 11.8 Å². The third-order valence-corrected chi connectivity index (χ3v) is 4.91. The summed E-state index contributed by atoms with van der Waals surface area (Å²) in [4.78, 5) is 25.9. The molecule has 1 aromatic rings. The lowest BCUT2D eigenvalue weighted by Gasteiger charge is -2.27. The largest absolute Gasteiger partial charge is 0.493 e. The van der Waals surface area contributed by atoms with E-state index in [1.165, 1.54) is 0 Å². The van der Waals surface area contributed by atoms with Crippen LogP contribution in [0, 0.1) is 11.8 Å². The van der Waals surface area contributed by atoms with Gasteiger partial charge in [0.25, 0.3) is 0 Å². The minimum Gasteiger partial charge on any atom is -0.493 e. The number of carboxylic acid groups (broad SMARTS) is 1. The monoisotopic (exact) mass is 378 g/mol. The summed E-state index contributed by atoms with van der Waals surface area (Å²) in [5.74, 6) is -0.829. The molecule has 2 rings (SSSR count). The number of aliphatic carboxylic acids is 1. The summed E-state index contributed by atoms with van der Waals surface area (Å²) >= 11 is 0. The Balaban J connectivity index is 1.94. The Hall–Kier alpha value is -2.28. The quantitative estimate of drug-likeness (QED) is 0.685. The number of nitrogens with zero attached hydrogens (tertiary/aromatic N) is 1. The maximum atomic E-state index is 12.5. The molecule has 0 spiro atoms. The van der Waals surface area contributed by atoms with E-state index in [0.717, 1.165) is 24.9 Å². The van der Waals surface area contributed by atoms with Crippen molar-refractivity contribution in [3.8, 4) is 11.5 Å². The summed E-state index contributed by atoms with van der Waals surface area (Å²) in [6.07, 6.45) is 2.97. The molecule has 7 heteroatoms. The van der Waals surface area contributed by atoms with Crippen molar-refractivity contribution in [3.05, 3.63) is 23.8 Å². The smallest absolute Gasteiger partial charge is 0.307 e. The van der Waals surface area contributed by atoms with Crippen molar-refractivity contribution in [1.82, 2.24) is 10.2 Å². The lowest BCUT2D eigenvalue weighted by atomic mass is 9.78. The van der Waals surface area contributed by atoms with Crippen LogP contribution in [0.5, 0.6) is 11.5 Å². The summed E-state index contributed by atoms with van der Waals surface area (Å²) in [7, 11) is 5.54. The van der Waals surface area contributed by atoms with Crippen LogP contribution in [0.2, 0.25) is 0 Å². The number of hydrogen-bond acceptors (Lipinski definition) is 5. The van der Waals surface area contributed by atoms with Crippen molar-refractivity contribution in [2.45, 2.75) is 32.2 Å². The van der Waals surface area contributed by atoms with Crippen LogP contribution < -0.4 is 14.8 Å². The van der Waals surface area contributed by atoms with Crippen molar-refractivity contribution in [3.63, 3.8) is 0 Å². The van der Waals surface area contributed by atoms with Gasteiger partial charge in [-0.05, 0) is 44.6 Å². The molecule has 0 aromatic heterocycles. The van der Waals surface area contributed by atoms with Gasteiger partial charge >= 0.3 is 5.97 Å². The maximum absolute atomic E-state index is 12.5. The summed E-state index contributed by atoms with van der Waals surface area (Å²) < 4.78 is 11.1. The number of benzene rings is 1. The molecule has 1 aromatic carbocycles. The average molecular weight is 378 g/mol. The zero-order valence-electron chi connectivity index (χ0n) is 16.4. The van der Waals surface area contributed by atoms with E-state index in [0.29, 0.717) is 37.5 Å². The maximum Gasteiger partial charge on any atom is 0.307 e. The van der Waals surface area contributed by atoms with Crippen molar-refractivity contribution in [2.75, 3.05) is 34.4 Å². The second-order valence-electron chi connectivity index (χ2n) is 7.19. The van der Waals surface area contributed by atoms with E-state index in [9.17, 15) is 14.7 Å². The molecular formula is C20H30N2O5. The lowest BCUT2D eigenvalue weighted by molar-refractivity contribution is -0.148. The molecule has 1 fully saturated rings. The molecule has 150 valence electrons. The zero-order chi connectivity index (χ0) is 19.8. The van der Waals surface area contributed by atoms with Gasteiger partial charge in [0.05, 0.1) is 18.9 Å². The molecule has 7 nitrogen and oxygen atoms in total. The predicted molar refractivity (Wildman–Crippen MR) is 102 cm³/mol. The number of methoxy groups -OCH3 is 1. The van der Waals surface area contributed by atoms with Gasteiger partial charge in [0, 0.05) is 13.1 Å². The van der Waals surface area contributed by atoms with E-state index < -0.39 is 17.8 Å². The first kappa shape index (κ1) is 21.0. The van der Waals surface area contributed by atoms with Crippen molar-refractivity contribution in [1.29, 1.82) is 0 Å². The van der Waals surface area contributed by atoms with E-state index in [2.05, 4.69) is 5.32 Å². The van der Waals surface area contributed by atoms with Gasteiger partial charge in [-0.3, -0.25) is 9.59 Å². The van der Waals surface area contributed by atoms with Gasteiger partial charge in [-0.25, -0.2) is 0 Å². The van der Waals surface area contributed by atoms with Gasteiger partial charge in [0.2, 0.25) is 5.91 Å². The molecule has 0 aliphatic heterocycles. The molecule has 1 amide bonds. The number of hydrogen-bond donors (Lipinski definition) is 2. The van der Waals surface area contributed by atoms with Crippen molar-refractivity contribution >= 4 is 11.9 Å². The normalized spacial score (nSPS) is 19.6. The fourth-order valence-corrected chi connectivity index (χ4v) is 3.34. The average Bonchev–Trinajstić information content (AvgIpc) is 2.66. The number of carbonyl (C=O) groups is 2. The molecule has 2 unspecified atom stereocenters. The standard InChI is InChI=1S/C20H30N2O5/c1-22(2)10-11-27-17-9-8-14(12-18(17)26-3)13-21-19(23)15-6-4-5-7-16(15)20(24)25/h8-9,12,15-16H,4-7,10-11,13H2,1-3H3,(H,21,23)(H,24,25). The summed E-state index contributed by atoms with van der Waals surface area (Å²) in [6.45, 7) is 1.68. The SMILES string of the molecule is COc1cc(CNC(=O)C2CCCCC2C(=O)O)ccc1OCCN(C)C. The van der Waals surface area contributed by atoms with Gasteiger partial charge in [-0.2, -0.15) is 0 Å². The highest BCUT2D eigenvalue weighted by molar-refractivity contribution is 5.84. The van der Waals surface area contributed by atoms with Crippen LogP contribution in [0.15, 0.2) is 18.2 Å². The molecule has 27 heavy (non-hydrogen) atoms. The minimum atomic E-state index is -0.879. The van der Waals surface area contributed by atoms with Gasteiger partial charge in [0.15, 0.2) is 11.5 Å². The molecular weight excluding hydrogens is 348 g/mol. The van der Waals surface area contributed by atoms with Crippen molar-refractivity contribution < 1.29 is 24.2 Å². The number of amides is 1. The minimum absolute atomic E-state index is 0.188. The number of likely N-dealkylation sites (N-methyl/N-ethyl adjacent to an activating group) is 1. The summed E-state index contributed by atoms with van der Waals surface area (Å²) in [5, 5.41) is 12.2. The van der Waals surface area contributed by atoms with E-state index in [4.69, 9.17) is 9.47 Å². The Labute approximate surface area is 160 Å². The Morgan fingerprint density at radius 3 is 2.52 bits per heavy atom. The number of nitrogens with one attached hydrogen (secondary N) is 1.